The van der Waals surface area contributed by atoms with Crippen LogP contribution in [0.15, 0.2) is 16.6 Å². The third kappa shape index (κ3) is 3.36. The highest BCUT2D eigenvalue weighted by molar-refractivity contribution is 9.10. The first-order valence-corrected chi connectivity index (χ1v) is 7.57. The van der Waals surface area contributed by atoms with Gasteiger partial charge >= 0.3 is 0 Å². The van der Waals surface area contributed by atoms with E-state index in [1.807, 2.05) is 12.1 Å². The van der Waals surface area contributed by atoms with Crippen molar-refractivity contribution in [1.82, 2.24) is 0 Å². The normalized spacial score (nSPS) is 20.9. The lowest BCUT2D eigenvalue weighted by atomic mass is 10.0. The fourth-order valence-corrected chi connectivity index (χ4v) is 3.36. The Kier molecular flexibility index (Phi) is 5.37. The van der Waals surface area contributed by atoms with E-state index >= 15 is 0 Å². The van der Waals surface area contributed by atoms with Gasteiger partial charge in [-0.15, -0.1) is 11.6 Å². The van der Waals surface area contributed by atoms with Gasteiger partial charge in [-0.25, -0.2) is 0 Å². The molecule has 1 aromatic carbocycles. The van der Waals surface area contributed by atoms with Crippen LogP contribution in [0.25, 0.3) is 0 Å². The topological polar surface area (TPSA) is 27.7 Å². The molecule has 0 aliphatic carbocycles. The predicted molar refractivity (Wildman–Crippen MR) is 79.4 cm³/mol. The minimum absolute atomic E-state index is 0.0600. The van der Waals surface area contributed by atoms with Crippen LogP contribution >= 0.6 is 27.5 Å². The molecular formula is C14H18BrClO3. The van der Waals surface area contributed by atoms with Gasteiger partial charge in [-0.3, -0.25) is 0 Å². The van der Waals surface area contributed by atoms with E-state index < -0.39 is 0 Å². The summed E-state index contributed by atoms with van der Waals surface area (Å²) in [7, 11) is 3.24. The predicted octanol–water partition coefficient (Wildman–Crippen LogP) is 4.32. The lowest BCUT2D eigenvalue weighted by Crippen LogP contribution is -2.23. The Morgan fingerprint density at radius 3 is 2.53 bits per heavy atom. The first-order valence-electron chi connectivity index (χ1n) is 6.34. The number of benzene rings is 1. The molecule has 2 atom stereocenters. The van der Waals surface area contributed by atoms with Crippen LogP contribution in [0.4, 0.5) is 0 Å². The highest BCUT2D eigenvalue weighted by Gasteiger charge is 2.26. The summed E-state index contributed by atoms with van der Waals surface area (Å²) in [5.74, 6) is 1.37. The first kappa shape index (κ1) is 14.9. The maximum absolute atomic E-state index is 6.56. The Balaban J connectivity index is 2.27. The summed E-state index contributed by atoms with van der Waals surface area (Å²) >= 11 is 10.1. The third-order valence-electron chi connectivity index (χ3n) is 3.34. The van der Waals surface area contributed by atoms with Gasteiger partial charge in [0.2, 0.25) is 0 Å². The van der Waals surface area contributed by atoms with Crippen molar-refractivity contribution in [2.24, 2.45) is 0 Å². The maximum Gasteiger partial charge on any atom is 0.161 e. The Morgan fingerprint density at radius 2 is 1.95 bits per heavy atom. The molecule has 1 heterocycles. The van der Waals surface area contributed by atoms with Crippen molar-refractivity contribution in [1.29, 1.82) is 0 Å². The van der Waals surface area contributed by atoms with E-state index in [0.29, 0.717) is 11.5 Å². The van der Waals surface area contributed by atoms with Crippen LogP contribution in [0.2, 0.25) is 0 Å². The Hall–Kier alpha value is -0.450. The average molecular weight is 350 g/mol. The average Bonchev–Trinajstić information content (AvgIpc) is 2.47. The fraction of sp³-hybridized carbons (Fsp3) is 0.571. The van der Waals surface area contributed by atoms with Crippen molar-refractivity contribution in [3.05, 3.63) is 22.2 Å². The number of rotatable bonds is 4. The molecule has 1 aromatic rings. The molecule has 0 N–H and O–H groups in total. The van der Waals surface area contributed by atoms with Crippen molar-refractivity contribution in [3.63, 3.8) is 0 Å². The summed E-state index contributed by atoms with van der Waals surface area (Å²) in [6.07, 6.45) is 3.34. The molecule has 0 saturated carbocycles. The van der Waals surface area contributed by atoms with Gasteiger partial charge in [0.05, 0.1) is 25.7 Å². The Morgan fingerprint density at radius 1 is 1.26 bits per heavy atom. The van der Waals surface area contributed by atoms with E-state index in [-0.39, 0.29) is 11.5 Å². The standard InChI is InChI=1S/C14H18BrClO3/c1-17-12-7-9(10(15)8-13(12)18-2)14(16)11-5-3-4-6-19-11/h7-8,11,14H,3-6H2,1-2H3. The summed E-state index contributed by atoms with van der Waals surface area (Å²) < 4.78 is 17.3. The van der Waals surface area contributed by atoms with E-state index in [4.69, 9.17) is 25.8 Å². The van der Waals surface area contributed by atoms with Crippen LogP contribution in [-0.4, -0.2) is 26.9 Å². The van der Waals surface area contributed by atoms with Crippen LogP contribution in [0.3, 0.4) is 0 Å². The van der Waals surface area contributed by atoms with Crippen molar-refractivity contribution in [3.8, 4) is 11.5 Å². The van der Waals surface area contributed by atoms with Gasteiger partial charge in [0.15, 0.2) is 11.5 Å². The zero-order valence-electron chi connectivity index (χ0n) is 11.1. The first-order chi connectivity index (χ1) is 9.17. The second-order valence-electron chi connectivity index (χ2n) is 4.54. The summed E-state index contributed by atoms with van der Waals surface area (Å²) in [5.41, 5.74) is 0.978. The van der Waals surface area contributed by atoms with Gasteiger partial charge in [0, 0.05) is 11.1 Å². The molecule has 2 unspecified atom stereocenters. The minimum atomic E-state index is -0.186. The zero-order valence-corrected chi connectivity index (χ0v) is 13.5. The number of ether oxygens (including phenoxy) is 3. The van der Waals surface area contributed by atoms with Crippen molar-refractivity contribution >= 4 is 27.5 Å². The van der Waals surface area contributed by atoms with E-state index in [1.54, 1.807) is 14.2 Å². The Labute approximate surface area is 127 Å². The molecule has 3 nitrogen and oxygen atoms in total. The van der Waals surface area contributed by atoms with Crippen LogP contribution in [0.1, 0.15) is 30.2 Å². The van der Waals surface area contributed by atoms with Gasteiger partial charge in [-0.1, -0.05) is 15.9 Å². The van der Waals surface area contributed by atoms with Crippen molar-refractivity contribution in [2.45, 2.75) is 30.7 Å². The molecule has 0 aromatic heterocycles. The highest BCUT2D eigenvalue weighted by atomic mass is 79.9. The van der Waals surface area contributed by atoms with Gasteiger partial charge in [-0.2, -0.15) is 0 Å². The molecule has 1 aliphatic rings. The smallest absolute Gasteiger partial charge is 0.161 e. The molecule has 2 rings (SSSR count). The molecule has 0 spiro atoms. The summed E-state index contributed by atoms with van der Waals surface area (Å²) in [4.78, 5) is 0. The summed E-state index contributed by atoms with van der Waals surface area (Å²) in [6, 6.07) is 3.80. The summed E-state index contributed by atoms with van der Waals surface area (Å²) in [6.45, 7) is 0.790. The molecule has 1 aliphatic heterocycles. The minimum Gasteiger partial charge on any atom is -0.493 e. The maximum atomic E-state index is 6.56. The lowest BCUT2D eigenvalue weighted by molar-refractivity contribution is 0.0134. The fourth-order valence-electron chi connectivity index (χ4n) is 2.28. The van der Waals surface area contributed by atoms with Crippen LogP contribution in [0, 0.1) is 0 Å². The SMILES string of the molecule is COc1cc(Br)c(C(Cl)C2CCCCO2)cc1OC. The van der Waals surface area contributed by atoms with Gasteiger partial charge in [-0.05, 0) is 37.0 Å². The molecule has 0 radical (unpaired) electrons. The van der Waals surface area contributed by atoms with Gasteiger partial charge in [0.25, 0.3) is 0 Å². The van der Waals surface area contributed by atoms with E-state index in [2.05, 4.69) is 15.9 Å². The number of hydrogen-bond acceptors (Lipinski definition) is 3. The quantitative estimate of drug-likeness (QED) is 0.758. The number of hydrogen-bond donors (Lipinski definition) is 0. The van der Waals surface area contributed by atoms with E-state index in [9.17, 15) is 0 Å². The van der Waals surface area contributed by atoms with Crippen LogP contribution in [0.5, 0.6) is 11.5 Å². The number of halogens is 2. The van der Waals surface area contributed by atoms with Crippen molar-refractivity contribution < 1.29 is 14.2 Å². The second-order valence-corrected chi connectivity index (χ2v) is 5.86. The monoisotopic (exact) mass is 348 g/mol. The lowest BCUT2D eigenvalue weighted by Gasteiger charge is -2.27. The molecule has 1 saturated heterocycles. The Bertz CT molecular complexity index is 433. The molecule has 19 heavy (non-hydrogen) atoms. The molecule has 1 fully saturated rings. The number of methoxy groups -OCH3 is 2. The highest BCUT2D eigenvalue weighted by Crippen LogP contribution is 2.41. The zero-order chi connectivity index (χ0) is 13.8. The van der Waals surface area contributed by atoms with Crippen LogP contribution in [-0.2, 0) is 4.74 Å². The third-order valence-corrected chi connectivity index (χ3v) is 4.54. The molecule has 0 amide bonds. The van der Waals surface area contributed by atoms with Gasteiger partial charge in [0.1, 0.15) is 0 Å². The molecule has 106 valence electrons. The van der Waals surface area contributed by atoms with Gasteiger partial charge < -0.3 is 14.2 Å². The van der Waals surface area contributed by atoms with Crippen LogP contribution < -0.4 is 9.47 Å². The summed E-state index contributed by atoms with van der Waals surface area (Å²) in [5, 5.41) is -0.186. The molecule has 0 bridgehead atoms. The molecule has 5 heteroatoms. The second kappa shape index (κ2) is 6.82. The van der Waals surface area contributed by atoms with Crippen molar-refractivity contribution in [2.75, 3.05) is 20.8 Å². The largest absolute Gasteiger partial charge is 0.493 e. The van der Waals surface area contributed by atoms with E-state index in [1.165, 1.54) is 6.42 Å². The number of alkyl halides is 1. The van der Waals surface area contributed by atoms with E-state index in [0.717, 1.165) is 29.5 Å². The molecular weight excluding hydrogens is 332 g/mol.